The molecule has 0 unspecified atom stereocenters. The molecule has 0 fully saturated rings. The maximum Gasteiger partial charge on any atom is 0.343 e. The quantitative estimate of drug-likeness (QED) is 0.488. The number of carbonyl (C=O) groups is 2. The average molecular weight is 274 g/mol. The van der Waals surface area contributed by atoms with E-state index >= 15 is 0 Å². The van der Waals surface area contributed by atoms with Gasteiger partial charge in [0, 0.05) is 0 Å². The first-order valence-electron chi connectivity index (χ1n) is 5.75. The predicted molar refractivity (Wildman–Crippen MR) is 69.7 cm³/mol. The zero-order valence-electron chi connectivity index (χ0n) is 10.6. The van der Waals surface area contributed by atoms with Crippen molar-refractivity contribution in [1.29, 1.82) is 0 Å². The summed E-state index contributed by atoms with van der Waals surface area (Å²) in [5.41, 5.74) is 0.224. The zero-order valence-corrected chi connectivity index (χ0v) is 10.6. The van der Waals surface area contributed by atoms with Crippen LogP contribution in [0.25, 0.3) is 0 Å². The number of carbonyl (C=O) groups excluding carboxylic acids is 2. The second kappa shape index (κ2) is 5.97. The van der Waals surface area contributed by atoms with Gasteiger partial charge >= 0.3 is 5.97 Å². The summed E-state index contributed by atoms with van der Waals surface area (Å²) in [6.45, 7) is 0. The fourth-order valence-corrected chi connectivity index (χ4v) is 1.66. The lowest BCUT2D eigenvalue weighted by Gasteiger charge is -2.11. The molecule has 0 saturated carbocycles. The molecule has 0 heterocycles. The van der Waals surface area contributed by atoms with Crippen LogP contribution in [0.3, 0.4) is 0 Å². The molecule has 0 spiro atoms. The van der Waals surface area contributed by atoms with E-state index in [0.29, 0.717) is 6.29 Å². The van der Waals surface area contributed by atoms with Crippen molar-refractivity contribution in [2.45, 2.75) is 0 Å². The number of rotatable bonds is 4. The normalized spacial score (nSPS) is 9.90. The fourth-order valence-electron chi connectivity index (χ4n) is 1.66. The van der Waals surface area contributed by atoms with Gasteiger partial charge in [-0.15, -0.1) is 0 Å². The molecule has 2 aromatic rings. The van der Waals surface area contributed by atoms with Crippen LogP contribution in [0, 0.1) is 5.82 Å². The Labute approximate surface area is 114 Å². The van der Waals surface area contributed by atoms with Gasteiger partial charge in [-0.25, -0.2) is 9.18 Å². The number of esters is 1. The van der Waals surface area contributed by atoms with Gasteiger partial charge in [0.25, 0.3) is 0 Å². The number of benzene rings is 2. The van der Waals surface area contributed by atoms with E-state index in [9.17, 15) is 14.0 Å². The Bertz CT molecular complexity index is 652. The number of para-hydroxylation sites is 1. The first kappa shape index (κ1) is 13.7. The first-order valence-corrected chi connectivity index (χ1v) is 5.75. The number of aldehydes is 1. The second-order valence-electron chi connectivity index (χ2n) is 3.90. The number of hydrogen-bond donors (Lipinski definition) is 0. The molecule has 0 saturated heterocycles. The molecule has 0 bridgehead atoms. The largest absolute Gasteiger partial charge is 0.493 e. The lowest BCUT2D eigenvalue weighted by atomic mass is 10.2. The molecule has 0 radical (unpaired) electrons. The van der Waals surface area contributed by atoms with Gasteiger partial charge in [0.15, 0.2) is 17.8 Å². The summed E-state index contributed by atoms with van der Waals surface area (Å²) in [5, 5.41) is 0. The van der Waals surface area contributed by atoms with E-state index in [1.165, 1.54) is 31.4 Å². The Morgan fingerprint density at radius 2 is 1.95 bits per heavy atom. The van der Waals surface area contributed by atoms with Crippen LogP contribution in [0.4, 0.5) is 4.39 Å². The molecule has 0 aliphatic heterocycles. The Morgan fingerprint density at radius 3 is 2.60 bits per heavy atom. The number of halogens is 1. The van der Waals surface area contributed by atoms with Crippen molar-refractivity contribution in [2.75, 3.05) is 7.11 Å². The predicted octanol–water partition coefficient (Wildman–Crippen LogP) is 2.87. The Morgan fingerprint density at radius 1 is 1.20 bits per heavy atom. The van der Waals surface area contributed by atoms with Gasteiger partial charge in [-0.1, -0.05) is 12.1 Å². The van der Waals surface area contributed by atoms with Gasteiger partial charge in [-0.2, -0.15) is 0 Å². The highest BCUT2D eigenvalue weighted by atomic mass is 19.1. The highest BCUT2D eigenvalue weighted by Crippen LogP contribution is 2.30. The SMILES string of the molecule is COc1cccc(C=O)c1OC(=O)c1cccc(F)c1. The molecule has 0 aliphatic rings. The molecule has 20 heavy (non-hydrogen) atoms. The molecule has 0 aromatic heterocycles. The third-order valence-electron chi connectivity index (χ3n) is 2.61. The van der Waals surface area contributed by atoms with Crippen LogP contribution in [0.5, 0.6) is 11.5 Å². The highest BCUT2D eigenvalue weighted by molar-refractivity contribution is 5.93. The van der Waals surface area contributed by atoms with Crippen LogP contribution in [-0.2, 0) is 0 Å². The van der Waals surface area contributed by atoms with E-state index in [4.69, 9.17) is 9.47 Å². The average Bonchev–Trinajstić information content (AvgIpc) is 2.47. The second-order valence-corrected chi connectivity index (χ2v) is 3.90. The lowest BCUT2D eigenvalue weighted by molar-refractivity contribution is 0.0728. The third kappa shape index (κ3) is 2.83. The monoisotopic (exact) mass is 274 g/mol. The van der Waals surface area contributed by atoms with E-state index < -0.39 is 11.8 Å². The molecule has 2 aromatic carbocycles. The smallest absolute Gasteiger partial charge is 0.343 e. The van der Waals surface area contributed by atoms with Crippen LogP contribution in [0.1, 0.15) is 20.7 Å². The maximum absolute atomic E-state index is 13.1. The molecular weight excluding hydrogens is 263 g/mol. The van der Waals surface area contributed by atoms with Gasteiger partial charge in [-0.05, 0) is 30.3 Å². The van der Waals surface area contributed by atoms with Crippen molar-refractivity contribution in [1.82, 2.24) is 0 Å². The van der Waals surface area contributed by atoms with Crippen molar-refractivity contribution < 1.29 is 23.5 Å². The van der Waals surface area contributed by atoms with E-state index in [0.717, 1.165) is 6.07 Å². The molecule has 0 aliphatic carbocycles. The van der Waals surface area contributed by atoms with Crippen LogP contribution < -0.4 is 9.47 Å². The summed E-state index contributed by atoms with van der Waals surface area (Å²) >= 11 is 0. The topological polar surface area (TPSA) is 52.6 Å². The molecule has 0 atom stereocenters. The van der Waals surface area contributed by atoms with Gasteiger partial charge in [0.2, 0.25) is 0 Å². The van der Waals surface area contributed by atoms with Crippen LogP contribution in [-0.4, -0.2) is 19.4 Å². The lowest BCUT2D eigenvalue weighted by Crippen LogP contribution is -2.11. The van der Waals surface area contributed by atoms with Crippen molar-refractivity contribution in [3.8, 4) is 11.5 Å². The number of ether oxygens (including phenoxy) is 2. The third-order valence-corrected chi connectivity index (χ3v) is 2.61. The molecule has 0 N–H and O–H groups in total. The Kier molecular flexibility index (Phi) is 4.10. The molecule has 4 nitrogen and oxygen atoms in total. The van der Waals surface area contributed by atoms with Crippen LogP contribution in [0.15, 0.2) is 42.5 Å². The summed E-state index contributed by atoms with van der Waals surface area (Å²) < 4.78 is 23.2. The Balaban J connectivity index is 2.34. The summed E-state index contributed by atoms with van der Waals surface area (Å²) in [6.07, 6.45) is 0.552. The minimum absolute atomic E-state index is 0.0132. The van der Waals surface area contributed by atoms with Crippen molar-refractivity contribution in [2.24, 2.45) is 0 Å². The van der Waals surface area contributed by atoms with Crippen LogP contribution >= 0.6 is 0 Å². The van der Waals surface area contributed by atoms with Crippen molar-refractivity contribution in [3.63, 3.8) is 0 Å². The maximum atomic E-state index is 13.1. The van der Waals surface area contributed by atoms with Crippen molar-refractivity contribution in [3.05, 3.63) is 59.4 Å². The summed E-state index contributed by atoms with van der Waals surface area (Å²) in [4.78, 5) is 22.9. The minimum Gasteiger partial charge on any atom is -0.493 e. The summed E-state index contributed by atoms with van der Waals surface area (Å²) in [5.74, 6) is -1.05. The van der Waals surface area contributed by atoms with E-state index in [-0.39, 0.29) is 22.6 Å². The van der Waals surface area contributed by atoms with Crippen molar-refractivity contribution >= 4 is 12.3 Å². The molecule has 102 valence electrons. The number of hydrogen-bond acceptors (Lipinski definition) is 4. The summed E-state index contributed by atoms with van der Waals surface area (Å²) in [6, 6.07) is 9.73. The van der Waals surface area contributed by atoms with E-state index in [2.05, 4.69) is 0 Å². The Hall–Kier alpha value is -2.69. The van der Waals surface area contributed by atoms with Gasteiger partial charge in [0.1, 0.15) is 5.82 Å². The first-order chi connectivity index (χ1) is 9.65. The molecule has 2 rings (SSSR count). The van der Waals surface area contributed by atoms with Gasteiger partial charge in [0.05, 0.1) is 18.2 Å². The zero-order chi connectivity index (χ0) is 14.5. The van der Waals surface area contributed by atoms with E-state index in [1.54, 1.807) is 12.1 Å². The van der Waals surface area contributed by atoms with Gasteiger partial charge in [-0.3, -0.25) is 4.79 Å². The molecule has 5 heteroatoms. The standard InChI is InChI=1S/C15H11FO4/c1-19-13-7-3-5-11(9-17)14(13)20-15(18)10-4-2-6-12(16)8-10/h2-9H,1H3. The minimum atomic E-state index is -0.767. The van der Waals surface area contributed by atoms with E-state index in [1.807, 2.05) is 0 Å². The van der Waals surface area contributed by atoms with Crippen LogP contribution in [0.2, 0.25) is 0 Å². The highest BCUT2D eigenvalue weighted by Gasteiger charge is 2.16. The van der Waals surface area contributed by atoms with Gasteiger partial charge < -0.3 is 9.47 Å². The summed E-state index contributed by atoms with van der Waals surface area (Å²) in [7, 11) is 1.39. The fraction of sp³-hybridized carbons (Fsp3) is 0.0667. The molecule has 0 amide bonds. The molecular formula is C15H11FO4. The number of methoxy groups -OCH3 is 1.